The zero-order valence-corrected chi connectivity index (χ0v) is 11.5. The molecule has 0 aromatic heterocycles. The molecule has 0 saturated heterocycles. The molecule has 0 radical (unpaired) electrons. The monoisotopic (exact) mass is 247 g/mol. The highest BCUT2D eigenvalue weighted by Crippen LogP contribution is 2.24. The summed E-state index contributed by atoms with van der Waals surface area (Å²) in [5.41, 5.74) is 1.55. The zero-order chi connectivity index (χ0) is 13.7. The van der Waals surface area contributed by atoms with Crippen LogP contribution in [0.5, 0.6) is 0 Å². The molecule has 1 aromatic rings. The molecule has 0 fully saturated rings. The van der Waals surface area contributed by atoms with Gasteiger partial charge in [0.25, 0.3) is 0 Å². The standard InChI is InChI=1S/C15H21NO2/c1-11(2)15(17)18-12(3)14(16(4)5)13-9-7-6-8-10-13/h6-10,12,14H,1H2,2-5H3. The quantitative estimate of drug-likeness (QED) is 0.592. The molecule has 0 heterocycles. The summed E-state index contributed by atoms with van der Waals surface area (Å²) in [6.07, 6.45) is -0.230. The molecule has 1 rings (SSSR count). The third kappa shape index (κ3) is 3.70. The molecule has 0 aliphatic heterocycles. The first kappa shape index (κ1) is 14.5. The average molecular weight is 247 g/mol. The fraction of sp³-hybridized carbons (Fsp3) is 0.400. The molecule has 0 bridgehead atoms. The number of rotatable bonds is 5. The summed E-state index contributed by atoms with van der Waals surface area (Å²) in [5, 5.41) is 0. The van der Waals surface area contributed by atoms with E-state index in [-0.39, 0.29) is 18.1 Å². The van der Waals surface area contributed by atoms with Crippen LogP contribution in [0.25, 0.3) is 0 Å². The Morgan fingerprint density at radius 3 is 2.28 bits per heavy atom. The van der Waals surface area contributed by atoms with E-state index in [1.165, 1.54) is 0 Å². The fourth-order valence-electron chi connectivity index (χ4n) is 1.97. The van der Waals surface area contributed by atoms with E-state index in [4.69, 9.17) is 4.74 Å². The Labute approximate surface area is 109 Å². The zero-order valence-electron chi connectivity index (χ0n) is 11.5. The van der Waals surface area contributed by atoms with Crippen molar-refractivity contribution in [3.8, 4) is 0 Å². The van der Waals surface area contributed by atoms with Crippen LogP contribution in [-0.4, -0.2) is 31.1 Å². The van der Waals surface area contributed by atoms with Crippen LogP contribution in [0, 0.1) is 0 Å². The van der Waals surface area contributed by atoms with E-state index in [2.05, 4.69) is 6.58 Å². The van der Waals surface area contributed by atoms with Crippen LogP contribution in [0.4, 0.5) is 0 Å². The number of carbonyl (C=O) groups excluding carboxylic acids is 1. The second kappa shape index (κ2) is 6.36. The molecule has 18 heavy (non-hydrogen) atoms. The maximum Gasteiger partial charge on any atom is 0.333 e. The Bertz CT molecular complexity index is 412. The molecule has 0 aliphatic rings. The number of esters is 1. The van der Waals surface area contributed by atoms with Crippen molar-refractivity contribution in [1.29, 1.82) is 0 Å². The highest BCUT2D eigenvalue weighted by atomic mass is 16.5. The van der Waals surface area contributed by atoms with Gasteiger partial charge in [-0.15, -0.1) is 0 Å². The predicted molar refractivity (Wildman–Crippen MR) is 73.2 cm³/mol. The SMILES string of the molecule is C=C(C)C(=O)OC(C)C(c1ccccc1)N(C)C. The summed E-state index contributed by atoms with van der Waals surface area (Å²) in [4.78, 5) is 13.6. The number of ether oxygens (including phenoxy) is 1. The third-order valence-corrected chi connectivity index (χ3v) is 2.78. The maximum atomic E-state index is 11.6. The largest absolute Gasteiger partial charge is 0.457 e. The van der Waals surface area contributed by atoms with Gasteiger partial charge in [0.05, 0.1) is 6.04 Å². The lowest BCUT2D eigenvalue weighted by atomic mass is 10.0. The van der Waals surface area contributed by atoms with Gasteiger partial charge in [0, 0.05) is 5.57 Å². The van der Waals surface area contributed by atoms with Gasteiger partial charge in [-0.25, -0.2) is 4.79 Å². The van der Waals surface area contributed by atoms with Gasteiger partial charge in [-0.3, -0.25) is 4.90 Å². The molecule has 0 saturated carbocycles. The summed E-state index contributed by atoms with van der Waals surface area (Å²) in [6, 6.07) is 10.1. The highest BCUT2D eigenvalue weighted by molar-refractivity contribution is 5.87. The van der Waals surface area contributed by atoms with E-state index in [1.54, 1.807) is 6.92 Å². The van der Waals surface area contributed by atoms with Gasteiger partial charge in [0.15, 0.2) is 0 Å². The summed E-state index contributed by atoms with van der Waals surface area (Å²) in [5.74, 6) is -0.342. The second-order valence-corrected chi connectivity index (χ2v) is 4.71. The molecule has 0 N–H and O–H groups in total. The molecule has 1 aromatic carbocycles. The van der Waals surface area contributed by atoms with E-state index in [0.717, 1.165) is 5.56 Å². The first-order chi connectivity index (χ1) is 8.43. The number of likely N-dealkylation sites (N-methyl/N-ethyl adjacent to an activating group) is 1. The topological polar surface area (TPSA) is 29.5 Å². The van der Waals surface area contributed by atoms with Crippen LogP contribution in [-0.2, 0) is 9.53 Å². The molecule has 98 valence electrons. The van der Waals surface area contributed by atoms with Crippen molar-refractivity contribution >= 4 is 5.97 Å². The minimum Gasteiger partial charge on any atom is -0.457 e. The second-order valence-electron chi connectivity index (χ2n) is 4.71. The van der Waals surface area contributed by atoms with Gasteiger partial charge in [-0.05, 0) is 33.5 Å². The van der Waals surface area contributed by atoms with E-state index in [9.17, 15) is 4.79 Å². The smallest absolute Gasteiger partial charge is 0.333 e. The average Bonchev–Trinajstić information content (AvgIpc) is 2.29. The van der Waals surface area contributed by atoms with Gasteiger partial charge in [-0.2, -0.15) is 0 Å². The first-order valence-corrected chi connectivity index (χ1v) is 6.01. The lowest BCUT2D eigenvalue weighted by Gasteiger charge is -2.30. The molecular formula is C15H21NO2. The Morgan fingerprint density at radius 2 is 1.83 bits per heavy atom. The van der Waals surface area contributed by atoms with Crippen molar-refractivity contribution < 1.29 is 9.53 Å². The van der Waals surface area contributed by atoms with Crippen molar-refractivity contribution in [3.05, 3.63) is 48.0 Å². The Morgan fingerprint density at radius 1 is 1.28 bits per heavy atom. The summed E-state index contributed by atoms with van der Waals surface area (Å²) < 4.78 is 5.41. The normalized spacial score (nSPS) is 14.1. The summed E-state index contributed by atoms with van der Waals surface area (Å²) in [6.45, 7) is 7.15. The molecule has 0 spiro atoms. The predicted octanol–water partition coefficient (Wildman–Crippen LogP) is 2.80. The van der Waals surface area contributed by atoms with Crippen LogP contribution in [0.15, 0.2) is 42.5 Å². The molecule has 2 atom stereocenters. The Balaban J connectivity index is 2.86. The lowest BCUT2D eigenvalue weighted by Crippen LogP contribution is -2.32. The van der Waals surface area contributed by atoms with Gasteiger partial charge in [0.1, 0.15) is 6.10 Å². The van der Waals surface area contributed by atoms with Gasteiger partial charge >= 0.3 is 5.97 Å². The van der Waals surface area contributed by atoms with Crippen LogP contribution in [0.1, 0.15) is 25.5 Å². The van der Waals surface area contributed by atoms with Crippen molar-refractivity contribution in [2.24, 2.45) is 0 Å². The van der Waals surface area contributed by atoms with Gasteiger partial charge in [-0.1, -0.05) is 36.9 Å². The highest BCUT2D eigenvalue weighted by Gasteiger charge is 2.24. The van der Waals surface area contributed by atoms with Crippen LogP contribution in [0.2, 0.25) is 0 Å². The minimum atomic E-state index is -0.342. The molecule has 3 heteroatoms. The number of benzene rings is 1. The van der Waals surface area contributed by atoms with Crippen molar-refractivity contribution in [2.75, 3.05) is 14.1 Å². The number of carbonyl (C=O) groups is 1. The minimum absolute atomic E-state index is 0.0366. The fourth-order valence-corrected chi connectivity index (χ4v) is 1.97. The molecule has 3 nitrogen and oxygen atoms in total. The van der Waals surface area contributed by atoms with E-state index >= 15 is 0 Å². The Kier molecular flexibility index (Phi) is 5.10. The van der Waals surface area contributed by atoms with Crippen LogP contribution in [0.3, 0.4) is 0 Å². The lowest BCUT2D eigenvalue weighted by molar-refractivity contribution is -0.146. The van der Waals surface area contributed by atoms with Gasteiger partial charge < -0.3 is 4.74 Å². The van der Waals surface area contributed by atoms with Crippen molar-refractivity contribution in [1.82, 2.24) is 4.90 Å². The van der Waals surface area contributed by atoms with E-state index < -0.39 is 0 Å². The van der Waals surface area contributed by atoms with Crippen molar-refractivity contribution in [2.45, 2.75) is 26.0 Å². The molecule has 0 amide bonds. The number of nitrogens with zero attached hydrogens (tertiary/aromatic N) is 1. The van der Waals surface area contributed by atoms with Crippen molar-refractivity contribution in [3.63, 3.8) is 0 Å². The summed E-state index contributed by atoms with van der Waals surface area (Å²) in [7, 11) is 3.95. The van der Waals surface area contributed by atoms with Gasteiger partial charge in [0.2, 0.25) is 0 Å². The number of hydrogen-bond acceptors (Lipinski definition) is 3. The Hall–Kier alpha value is -1.61. The first-order valence-electron chi connectivity index (χ1n) is 6.01. The van der Waals surface area contributed by atoms with Crippen LogP contribution >= 0.6 is 0 Å². The summed E-state index contributed by atoms with van der Waals surface area (Å²) >= 11 is 0. The molecule has 2 unspecified atom stereocenters. The molecule has 0 aliphatic carbocycles. The third-order valence-electron chi connectivity index (χ3n) is 2.78. The maximum absolute atomic E-state index is 11.6. The van der Waals surface area contributed by atoms with Crippen LogP contribution < -0.4 is 0 Å². The van der Waals surface area contributed by atoms with E-state index in [0.29, 0.717) is 5.57 Å². The molecular weight excluding hydrogens is 226 g/mol. The van der Waals surface area contributed by atoms with E-state index in [1.807, 2.05) is 56.3 Å². The number of hydrogen-bond donors (Lipinski definition) is 0.